The van der Waals surface area contributed by atoms with E-state index in [-0.39, 0.29) is 5.02 Å². The van der Waals surface area contributed by atoms with Gasteiger partial charge < -0.3 is 4.84 Å². The van der Waals surface area contributed by atoms with Crippen molar-refractivity contribution in [2.75, 3.05) is 7.11 Å². The first kappa shape index (κ1) is 13.8. The van der Waals surface area contributed by atoms with Crippen LogP contribution in [0.2, 0.25) is 5.02 Å². The Kier molecular flexibility index (Phi) is 4.40. The van der Waals surface area contributed by atoms with E-state index in [4.69, 9.17) is 11.6 Å². The number of alkyl halides is 3. The number of oxime groups is 1. The van der Waals surface area contributed by atoms with E-state index in [2.05, 4.69) is 9.99 Å². The second-order valence-corrected chi connectivity index (χ2v) is 3.67. The highest BCUT2D eigenvalue weighted by molar-refractivity contribution is 6.31. The minimum absolute atomic E-state index is 0.325. The summed E-state index contributed by atoms with van der Waals surface area (Å²) in [5.41, 5.74) is -0.0744. The van der Waals surface area contributed by atoms with Gasteiger partial charge in [0.2, 0.25) is 0 Å². The lowest BCUT2D eigenvalue weighted by Gasteiger charge is -2.11. The van der Waals surface area contributed by atoms with Crippen molar-refractivity contribution in [3.63, 3.8) is 0 Å². The number of halogens is 4. The van der Waals surface area contributed by atoms with Crippen LogP contribution in [0.1, 0.15) is 24.5 Å². The zero-order chi connectivity index (χ0) is 13.1. The zero-order valence-corrected chi connectivity index (χ0v) is 10.1. The molecule has 0 atom stereocenters. The molecule has 94 valence electrons. The molecule has 0 fully saturated rings. The Morgan fingerprint density at radius 1 is 1.41 bits per heavy atom. The third kappa shape index (κ3) is 3.36. The molecular weight excluding hydrogens is 255 g/mol. The van der Waals surface area contributed by atoms with Gasteiger partial charge in [-0.05, 0) is 24.1 Å². The summed E-state index contributed by atoms with van der Waals surface area (Å²) in [6.45, 7) is 1.78. The summed E-state index contributed by atoms with van der Waals surface area (Å²) in [5.74, 6) is 0. The lowest BCUT2D eigenvalue weighted by atomic mass is 10.0. The van der Waals surface area contributed by atoms with Crippen molar-refractivity contribution in [2.45, 2.75) is 19.5 Å². The highest BCUT2D eigenvalue weighted by Gasteiger charge is 2.33. The van der Waals surface area contributed by atoms with Crippen molar-refractivity contribution >= 4 is 17.3 Å². The lowest BCUT2D eigenvalue weighted by Crippen LogP contribution is -2.09. The predicted molar refractivity (Wildman–Crippen MR) is 60.3 cm³/mol. The molecule has 1 aromatic rings. The molecule has 6 heteroatoms. The summed E-state index contributed by atoms with van der Waals surface area (Å²) < 4.78 is 37.9. The Labute approximate surface area is 102 Å². The van der Waals surface area contributed by atoms with E-state index in [0.717, 1.165) is 6.07 Å². The van der Waals surface area contributed by atoms with Gasteiger partial charge in [0.1, 0.15) is 7.11 Å². The van der Waals surface area contributed by atoms with E-state index < -0.39 is 11.7 Å². The Hall–Kier alpha value is -1.23. The van der Waals surface area contributed by atoms with Crippen LogP contribution in [0.4, 0.5) is 13.2 Å². The fourth-order valence-electron chi connectivity index (χ4n) is 1.35. The summed E-state index contributed by atoms with van der Waals surface area (Å²) in [4.78, 5) is 4.58. The second kappa shape index (κ2) is 5.40. The molecule has 0 heterocycles. The average Bonchev–Trinajstić information content (AvgIpc) is 2.25. The minimum atomic E-state index is -4.47. The fourth-order valence-corrected chi connectivity index (χ4v) is 1.58. The topological polar surface area (TPSA) is 21.6 Å². The third-order valence-corrected chi connectivity index (χ3v) is 2.47. The van der Waals surface area contributed by atoms with Gasteiger partial charge in [-0.3, -0.25) is 0 Å². The minimum Gasteiger partial charge on any atom is -0.399 e. The number of benzene rings is 1. The van der Waals surface area contributed by atoms with Crippen molar-refractivity contribution in [2.24, 2.45) is 5.16 Å². The summed E-state index contributed by atoms with van der Waals surface area (Å²) in [6, 6.07) is 3.67. The maximum atomic E-state index is 12.6. The zero-order valence-electron chi connectivity index (χ0n) is 9.31. The van der Waals surface area contributed by atoms with E-state index in [9.17, 15) is 13.2 Å². The molecule has 17 heavy (non-hydrogen) atoms. The van der Waals surface area contributed by atoms with Crippen LogP contribution < -0.4 is 0 Å². The molecule has 0 aliphatic heterocycles. The van der Waals surface area contributed by atoms with Gasteiger partial charge in [-0.2, -0.15) is 13.2 Å². The standard InChI is InChI=1S/C11H11ClF3NO/c1-3-10(16-17-2)7-4-5-9(12)8(6-7)11(13,14)15/h4-6H,3H2,1-2H3. The summed E-state index contributed by atoms with van der Waals surface area (Å²) in [6.07, 6.45) is -4.01. The van der Waals surface area contributed by atoms with Crippen LogP contribution >= 0.6 is 11.6 Å². The van der Waals surface area contributed by atoms with E-state index in [1.807, 2.05) is 0 Å². The molecule has 1 aromatic carbocycles. The molecule has 0 aliphatic carbocycles. The molecule has 0 N–H and O–H groups in total. The molecule has 1 rings (SSSR count). The van der Waals surface area contributed by atoms with Gasteiger partial charge in [0.15, 0.2) is 0 Å². The van der Waals surface area contributed by atoms with Crippen LogP contribution in [0.25, 0.3) is 0 Å². The predicted octanol–water partition coefficient (Wildman–Crippen LogP) is 4.12. The smallest absolute Gasteiger partial charge is 0.399 e. The maximum Gasteiger partial charge on any atom is 0.417 e. The van der Waals surface area contributed by atoms with Crippen LogP contribution in [0.3, 0.4) is 0 Å². The van der Waals surface area contributed by atoms with Crippen LogP contribution in [0, 0.1) is 0 Å². The van der Waals surface area contributed by atoms with Crippen molar-refractivity contribution in [3.05, 3.63) is 34.3 Å². The van der Waals surface area contributed by atoms with Crippen molar-refractivity contribution in [3.8, 4) is 0 Å². The molecular formula is C11H11ClF3NO. The van der Waals surface area contributed by atoms with E-state index >= 15 is 0 Å². The summed E-state index contributed by atoms with van der Waals surface area (Å²) >= 11 is 5.51. The molecule has 0 amide bonds. The normalized spacial score (nSPS) is 12.7. The van der Waals surface area contributed by atoms with Crippen LogP contribution in [-0.2, 0) is 11.0 Å². The molecule has 0 spiro atoms. The van der Waals surface area contributed by atoms with E-state index in [1.54, 1.807) is 6.92 Å². The van der Waals surface area contributed by atoms with Gasteiger partial charge in [0, 0.05) is 0 Å². The number of nitrogens with zero attached hydrogens (tertiary/aromatic N) is 1. The van der Waals surface area contributed by atoms with Gasteiger partial charge >= 0.3 is 6.18 Å². The van der Waals surface area contributed by atoms with Gasteiger partial charge in [-0.25, -0.2) is 0 Å². The molecule has 0 saturated carbocycles. The molecule has 0 aliphatic rings. The van der Waals surface area contributed by atoms with Crippen LogP contribution in [-0.4, -0.2) is 12.8 Å². The van der Waals surface area contributed by atoms with Crippen molar-refractivity contribution < 1.29 is 18.0 Å². The Morgan fingerprint density at radius 3 is 2.53 bits per heavy atom. The van der Waals surface area contributed by atoms with E-state index in [1.165, 1.54) is 19.2 Å². The molecule has 2 nitrogen and oxygen atoms in total. The SMILES string of the molecule is CCC(=NOC)c1ccc(Cl)c(C(F)(F)F)c1. The van der Waals surface area contributed by atoms with Gasteiger partial charge in [0.05, 0.1) is 16.3 Å². The fraction of sp³-hybridized carbons (Fsp3) is 0.364. The van der Waals surface area contributed by atoms with Gasteiger partial charge in [-0.15, -0.1) is 0 Å². The highest BCUT2D eigenvalue weighted by atomic mass is 35.5. The number of hydrogen-bond donors (Lipinski definition) is 0. The first-order valence-electron chi connectivity index (χ1n) is 4.87. The number of hydrogen-bond acceptors (Lipinski definition) is 2. The first-order chi connectivity index (χ1) is 7.90. The molecule has 0 aromatic heterocycles. The molecule has 0 unspecified atom stereocenters. The maximum absolute atomic E-state index is 12.6. The summed E-state index contributed by atoms with van der Waals surface area (Å²) in [7, 11) is 1.34. The van der Waals surface area contributed by atoms with Gasteiger partial charge in [0.25, 0.3) is 0 Å². The monoisotopic (exact) mass is 265 g/mol. The van der Waals surface area contributed by atoms with Gasteiger partial charge in [-0.1, -0.05) is 29.7 Å². The first-order valence-corrected chi connectivity index (χ1v) is 5.25. The van der Waals surface area contributed by atoms with Crippen LogP contribution in [0.15, 0.2) is 23.4 Å². The summed E-state index contributed by atoms with van der Waals surface area (Å²) in [5, 5.41) is 3.35. The molecule has 0 saturated heterocycles. The second-order valence-electron chi connectivity index (χ2n) is 3.27. The largest absolute Gasteiger partial charge is 0.417 e. The third-order valence-electron chi connectivity index (χ3n) is 2.14. The van der Waals surface area contributed by atoms with Crippen molar-refractivity contribution in [1.29, 1.82) is 0 Å². The van der Waals surface area contributed by atoms with E-state index in [0.29, 0.717) is 17.7 Å². The molecule has 0 radical (unpaired) electrons. The Balaban J connectivity index is 3.25. The average molecular weight is 266 g/mol. The highest BCUT2D eigenvalue weighted by Crippen LogP contribution is 2.35. The Morgan fingerprint density at radius 2 is 2.06 bits per heavy atom. The van der Waals surface area contributed by atoms with Crippen molar-refractivity contribution in [1.82, 2.24) is 0 Å². The Bertz CT molecular complexity index is 429. The molecule has 0 bridgehead atoms. The number of rotatable bonds is 3. The van der Waals surface area contributed by atoms with Crippen LogP contribution in [0.5, 0.6) is 0 Å². The lowest BCUT2D eigenvalue weighted by molar-refractivity contribution is -0.137. The quantitative estimate of drug-likeness (QED) is 0.595.